The van der Waals surface area contributed by atoms with Crippen LogP contribution < -0.4 is 5.32 Å². The quantitative estimate of drug-likeness (QED) is 0.868. The van der Waals surface area contributed by atoms with Crippen molar-refractivity contribution in [2.45, 2.75) is 39.3 Å². The number of carbonyl (C=O) groups is 1. The second kappa shape index (κ2) is 8.25. The third-order valence-electron chi connectivity index (χ3n) is 4.52. The predicted molar refractivity (Wildman–Crippen MR) is 88.6 cm³/mol. The summed E-state index contributed by atoms with van der Waals surface area (Å²) in [6.45, 7) is 10.6. The lowest BCUT2D eigenvalue weighted by Crippen LogP contribution is -2.55. The lowest BCUT2D eigenvalue weighted by Gasteiger charge is -2.40. The zero-order valence-electron chi connectivity index (χ0n) is 14.0. The van der Waals surface area contributed by atoms with E-state index in [2.05, 4.69) is 42.0 Å². The summed E-state index contributed by atoms with van der Waals surface area (Å²) in [5.74, 6) is 0.251. The topological polar surface area (TPSA) is 48.5 Å². The van der Waals surface area contributed by atoms with Crippen LogP contribution in [0.25, 0.3) is 0 Å². The lowest BCUT2D eigenvalue weighted by atomic mass is 10.0. The molecule has 2 unspecified atom stereocenters. The molecule has 0 bridgehead atoms. The van der Waals surface area contributed by atoms with Gasteiger partial charge in [-0.2, -0.15) is 0 Å². The van der Waals surface area contributed by atoms with Gasteiger partial charge < -0.3 is 10.2 Å². The van der Waals surface area contributed by atoms with Crippen molar-refractivity contribution in [1.29, 1.82) is 0 Å². The van der Waals surface area contributed by atoms with Crippen molar-refractivity contribution in [3.63, 3.8) is 0 Å². The third kappa shape index (κ3) is 3.65. The summed E-state index contributed by atoms with van der Waals surface area (Å²) in [5, 5.41) is 3.40. The summed E-state index contributed by atoms with van der Waals surface area (Å²) >= 11 is 0. The molecule has 0 radical (unpaired) electrons. The van der Waals surface area contributed by atoms with Gasteiger partial charge in [0.05, 0.1) is 12.1 Å². The maximum absolute atomic E-state index is 13.1. The molecule has 2 heterocycles. The number of rotatable bonds is 6. The van der Waals surface area contributed by atoms with Crippen molar-refractivity contribution in [2.75, 3.05) is 32.7 Å². The van der Waals surface area contributed by atoms with E-state index >= 15 is 0 Å². The van der Waals surface area contributed by atoms with Crippen molar-refractivity contribution in [1.82, 2.24) is 20.1 Å². The second-order valence-electron chi connectivity index (χ2n) is 5.68. The minimum absolute atomic E-state index is 0.0210. The van der Waals surface area contributed by atoms with Gasteiger partial charge in [0, 0.05) is 32.0 Å². The molecule has 1 aromatic rings. The molecule has 1 N–H and O–H groups in total. The summed E-state index contributed by atoms with van der Waals surface area (Å²) in [7, 11) is 0. The standard InChI is InChI=1S/C17H28N4O/c1-4-15(20(5-2)6-3)17(22)21-11-10-19-13-16(21)14-8-7-9-18-12-14/h7-9,12,15-16,19H,4-6,10-11,13H2,1-3H3. The Labute approximate surface area is 133 Å². The number of pyridine rings is 1. The van der Waals surface area contributed by atoms with Crippen LogP contribution in [0.2, 0.25) is 0 Å². The largest absolute Gasteiger partial charge is 0.332 e. The van der Waals surface area contributed by atoms with E-state index in [0.29, 0.717) is 0 Å². The maximum atomic E-state index is 13.1. The number of nitrogens with zero attached hydrogens (tertiary/aromatic N) is 3. The molecular formula is C17H28N4O. The summed E-state index contributed by atoms with van der Waals surface area (Å²) in [6.07, 6.45) is 4.50. The number of aromatic nitrogens is 1. The van der Waals surface area contributed by atoms with Crippen LogP contribution >= 0.6 is 0 Å². The van der Waals surface area contributed by atoms with Crippen LogP contribution in [0.1, 0.15) is 38.8 Å². The average molecular weight is 304 g/mol. The highest BCUT2D eigenvalue weighted by Crippen LogP contribution is 2.23. The first-order chi connectivity index (χ1) is 10.7. The highest BCUT2D eigenvalue weighted by Gasteiger charge is 2.33. The van der Waals surface area contributed by atoms with Gasteiger partial charge in [0.1, 0.15) is 0 Å². The van der Waals surface area contributed by atoms with Gasteiger partial charge in [-0.3, -0.25) is 14.7 Å². The zero-order chi connectivity index (χ0) is 15.9. The Morgan fingerprint density at radius 2 is 2.23 bits per heavy atom. The Hall–Kier alpha value is -1.46. The molecule has 1 aliphatic rings. The fourth-order valence-electron chi connectivity index (χ4n) is 3.28. The monoisotopic (exact) mass is 304 g/mol. The number of piperazine rings is 1. The molecule has 1 saturated heterocycles. The Morgan fingerprint density at radius 3 is 2.82 bits per heavy atom. The van der Waals surface area contributed by atoms with Gasteiger partial charge in [-0.25, -0.2) is 0 Å². The summed E-state index contributed by atoms with van der Waals surface area (Å²) < 4.78 is 0. The zero-order valence-corrected chi connectivity index (χ0v) is 14.0. The molecule has 0 aliphatic carbocycles. The van der Waals surface area contributed by atoms with Gasteiger partial charge in [-0.15, -0.1) is 0 Å². The molecule has 22 heavy (non-hydrogen) atoms. The minimum atomic E-state index is -0.0210. The molecule has 1 fully saturated rings. The van der Waals surface area contributed by atoms with Crippen LogP contribution in [0, 0.1) is 0 Å². The van der Waals surface area contributed by atoms with Crippen molar-refractivity contribution in [3.8, 4) is 0 Å². The van der Waals surface area contributed by atoms with Gasteiger partial charge in [0.2, 0.25) is 5.91 Å². The number of carbonyl (C=O) groups excluding carboxylic acids is 1. The molecule has 1 aliphatic heterocycles. The van der Waals surface area contributed by atoms with Crippen LogP contribution in [-0.4, -0.2) is 59.5 Å². The molecule has 0 spiro atoms. The third-order valence-corrected chi connectivity index (χ3v) is 4.52. The molecule has 0 aromatic carbocycles. The van der Waals surface area contributed by atoms with Crippen LogP contribution in [0.4, 0.5) is 0 Å². The van der Waals surface area contributed by atoms with E-state index in [1.165, 1.54) is 0 Å². The first-order valence-corrected chi connectivity index (χ1v) is 8.38. The van der Waals surface area contributed by atoms with Gasteiger partial charge in [0.25, 0.3) is 0 Å². The van der Waals surface area contributed by atoms with E-state index in [-0.39, 0.29) is 18.0 Å². The molecule has 0 saturated carbocycles. The molecule has 1 aromatic heterocycles. The van der Waals surface area contributed by atoms with Gasteiger partial charge in [-0.1, -0.05) is 26.8 Å². The predicted octanol–water partition coefficient (Wildman–Crippen LogP) is 1.67. The first-order valence-electron chi connectivity index (χ1n) is 8.38. The van der Waals surface area contributed by atoms with Crippen LogP contribution in [0.3, 0.4) is 0 Å². The van der Waals surface area contributed by atoms with Crippen LogP contribution in [0.5, 0.6) is 0 Å². The molecular weight excluding hydrogens is 276 g/mol. The fourth-order valence-corrected chi connectivity index (χ4v) is 3.28. The Kier molecular flexibility index (Phi) is 6.34. The fraction of sp³-hybridized carbons (Fsp3) is 0.647. The van der Waals surface area contributed by atoms with Gasteiger partial charge in [-0.05, 0) is 31.1 Å². The molecule has 5 heteroatoms. The van der Waals surface area contributed by atoms with Crippen molar-refractivity contribution >= 4 is 5.91 Å². The van der Waals surface area contributed by atoms with E-state index < -0.39 is 0 Å². The van der Waals surface area contributed by atoms with Crippen LogP contribution in [0.15, 0.2) is 24.5 Å². The van der Waals surface area contributed by atoms with Gasteiger partial charge in [0.15, 0.2) is 0 Å². The normalized spacial score (nSPS) is 20.2. The van der Waals surface area contributed by atoms with E-state index in [9.17, 15) is 4.79 Å². The van der Waals surface area contributed by atoms with E-state index in [1.807, 2.05) is 17.2 Å². The molecule has 2 atom stereocenters. The van der Waals surface area contributed by atoms with Crippen LogP contribution in [-0.2, 0) is 4.79 Å². The van der Waals surface area contributed by atoms with Gasteiger partial charge >= 0.3 is 0 Å². The molecule has 5 nitrogen and oxygen atoms in total. The Bertz CT molecular complexity index is 461. The summed E-state index contributed by atoms with van der Waals surface area (Å²) in [5.41, 5.74) is 1.11. The number of nitrogens with one attached hydrogen (secondary N) is 1. The van der Waals surface area contributed by atoms with Crippen molar-refractivity contribution in [3.05, 3.63) is 30.1 Å². The van der Waals surface area contributed by atoms with E-state index in [1.54, 1.807) is 6.20 Å². The summed E-state index contributed by atoms with van der Waals surface area (Å²) in [6, 6.07) is 4.06. The number of likely N-dealkylation sites (N-methyl/N-ethyl adjacent to an activating group) is 1. The van der Waals surface area contributed by atoms with E-state index in [4.69, 9.17) is 0 Å². The Morgan fingerprint density at radius 1 is 1.45 bits per heavy atom. The lowest BCUT2D eigenvalue weighted by molar-refractivity contribution is -0.140. The molecule has 122 valence electrons. The Balaban J connectivity index is 2.21. The average Bonchev–Trinajstić information content (AvgIpc) is 2.59. The highest BCUT2D eigenvalue weighted by molar-refractivity contribution is 5.82. The first kappa shape index (κ1) is 16.9. The van der Waals surface area contributed by atoms with Crippen molar-refractivity contribution < 1.29 is 4.79 Å². The number of amides is 1. The minimum Gasteiger partial charge on any atom is -0.332 e. The smallest absolute Gasteiger partial charge is 0.240 e. The summed E-state index contributed by atoms with van der Waals surface area (Å²) in [4.78, 5) is 21.6. The van der Waals surface area contributed by atoms with Crippen molar-refractivity contribution in [2.24, 2.45) is 0 Å². The van der Waals surface area contributed by atoms with E-state index in [0.717, 1.165) is 44.7 Å². The SMILES string of the molecule is CCC(C(=O)N1CCNCC1c1cccnc1)N(CC)CC. The number of hydrogen-bond acceptors (Lipinski definition) is 4. The molecule has 1 amide bonds. The second-order valence-corrected chi connectivity index (χ2v) is 5.68. The molecule has 2 rings (SSSR count). The maximum Gasteiger partial charge on any atom is 0.240 e. The highest BCUT2D eigenvalue weighted by atomic mass is 16.2. The number of hydrogen-bond donors (Lipinski definition) is 1.